The number of carbonyl (C=O) groups excluding carboxylic acids is 2. The maximum atomic E-state index is 11.4. The van der Waals surface area contributed by atoms with Crippen LogP contribution < -0.4 is 16.4 Å². The summed E-state index contributed by atoms with van der Waals surface area (Å²) in [6, 6.07) is 1.41. The SMILES string of the molecule is Nc1cc(N2CC(=O)CC2=O)nc(N)n1. The van der Waals surface area contributed by atoms with Crippen molar-refractivity contribution in [3.8, 4) is 0 Å². The predicted molar refractivity (Wildman–Crippen MR) is 52.8 cm³/mol. The van der Waals surface area contributed by atoms with Crippen LogP contribution in [-0.4, -0.2) is 28.2 Å². The van der Waals surface area contributed by atoms with Gasteiger partial charge in [-0.25, -0.2) is 0 Å². The van der Waals surface area contributed by atoms with Gasteiger partial charge in [-0.05, 0) is 0 Å². The van der Waals surface area contributed by atoms with Gasteiger partial charge in [0.05, 0.1) is 13.0 Å². The molecule has 0 unspecified atom stereocenters. The van der Waals surface area contributed by atoms with E-state index in [-0.39, 0.29) is 42.2 Å². The molecular weight excluding hydrogens is 198 g/mol. The zero-order chi connectivity index (χ0) is 11.0. The highest BCUT2D eigenvalue weighted by Crippen LogP contribution is 2.19. The third-order valence-corrected chi connectivity index (χ3v) is 2.01. The number of hydrogen-bond donors (Lipinski definition) is 2. The molecule has 0 spiro atoms. The number of amides is 1. The normalized spacial score (nSPS) is 16.1. The highest BCUT2D eigenvalue weighted by atomic mass is 16.2. The molecule has 1 aromatic rings. The summed E-state index contributed by atoms with van der Waals surface area (Å²) in [5, 5.41) is 0. The van der Waals surface area contributed by atoms with E-state index in [1.54, 1.807) is 0 Å². The minimum absolute atomic E-state index is 0.0165. The summed E-state index contributed by atoms with van der Waals surface area (Å²) in [5.74, 6) is -0.00842. The summed E-state index contributed by atoms with van der Waals surface area (Å²) < 4.78 is 0. The second-order valence-electron chi connectivity index (χ2n) is 3.20. The number of rotatable bonds is 1. The largest absolute Gasteiger partial charge is 0.383 e. The number of hydrogen-bond acceptors (Lipinski definition) is 6. The third-order valence-electron chi connectivity index (χ3n) is 2.01. The summed E-state index contributed by atoms with van der Waals surface area (Å²) in [7, 11) is 0. The molecule has 78 valence electrons. The second-order valence-corrected chi connectivity index (χ2v) is 3.20. The van der Waals surface area contributed by atoms with Gasteiger partial charge in [0, 0.05) is 6.07 Å². The lowest BCUT2D eigenvalue weighted by molar-refractivity contribution is -0.121. The summed E-state index contributed by atoms with van der Waals surface area (Å²) in [5.41, 5.74) is 10.8. The fraction of sp³-hybridized carbons (Fsp3) is 0.250. The summed E-state index contributed by atoms with van der Waals surface area (Å²) >= 11 is 0. The maximum absolute atomic E-state index is 11.4. The van der Waals surface area contributed by atoms with Crippen LogP contribution in [0, 0.1) is 0 Å². The molecule has 1 aromatic heterocycles. The van der Waals surface area contributed by atoms with Gasteiger partial charge in [0.25, 0.3) is 0 Å². The number of anilines is 3. The van der Waals surface area contributed by atoms with Crippen LogP contribution >= 0.6 is 0 Å². The van der Waals surface area contributed by atoms with E-state index in [9.17, 15) is 9.59 Å². The summed E-state index contributed by atoms with van der Waals surface area (Å²) in [4.78, 5) is 31.2. The molecule has 7 nitrogen and oxygen atoms in total. The van der Waals surface area contributed by atoms with Crippen LogP contribution in [0.1, 0.15) is 6.42 Å². The lowest BCUT2D eigenvalue weighted by Gasteiger charge is -2.13. The van der Waals surface area contributed by atoms with E-state index in [1.165, 1.54) is 11.0 Å². The minimum atomic E-state index is -0.294. The van der Waals surface area contributed by atoms with Gasteiger partial charge in [-0.15, -0.1) is 0 Å². The summed E-state index contributed by atoms with van der Waals surface area (Å²) in [6.07, 6.45) is -0.0934. The van der Waals surface area contributed by atoms with Gasteiger partial charge in [-0.1, -0.05) is 0 Å². The van der Waals surface area contributed by atoms with Crippen molar-refractivity contribution in [2.24, 2.45) is 0 Å². The number of nitrogen functional groups attached to an aromatic ring is 2. The molecule has 1 aliphatic rings. The Morgan fingerprint density at radius 3 is 2.53 bits per heavy atom. The molecule has 1 saturated heterocycles. The lowest BCUT2D eigenvalue weighted by atomic mass is 10.3. The van der Waals surface area contributed by atoms with E-state index in [1.807, 2.05) is 0 Å². The number of nitrogens with two attached hydrogens (primary N) is 2. The molecule has 2 rings (SSSR count). The van der Waals surface area contributed by atoms with Crippen LogP contribution in [0.25, 0.3) is 0 Å². The average molecular weight is 207 g/mol. The molecule has 7 heteroatoms. The number of aromatic nitrogens is 2. The number of ketones is 1. The molecule has 0 saturated carbocycles. The second kappa shape index (κ2) is 3.19. The van der Waals surface area contributed by atoms with Crippen LogP contribution in [0.4, 0.5) is 17.6 Å². The first kappa shape index (κ1) is 9.38. The fourth-order valence-corrected chi connectivity index (χ4v) is 1.40. The van der Waals surface area contributed by atoms with Crippen LogP contribution in [-0.2, 0) is 9.59 Å². The van der Waals surface area contributed by atoms with Crippen LogP contribution in [0.15, 0.2) is 6.07 Å². The van der Waals surface area contributed by atoms with Gasteiger partial charge in [-0.2, -0.15) is 9.97 Å². The van der Waals surface area contributed by atoms with Crippen molar-refractivity contribution in [1.29, 1.82) is 0 Å². The van der Waals surface area contributed by atoms with E-state index in [2.05, 4.69) is 9.97 Å². The van der Waals surface area contributed by atoms with Gasteiger partial charge >= 0.3 is 0 Å². The number of nitrogens with zero attached hydrogens (tertiary/aromatic N) is 3. The van der Waals surface area contributed by atoms with E-state index in [0.717, 1.165) is 0 Å². The van der Waals surface area contributed by atoms with Crippen molar-refractivity contribution in [3.63, 3.8) is 0 Å². The zero-order valence-corrected chi connectivity index (χ0v) is 7.80. The molecule has 1 amide bonds. The van der Waals surface area contributed by atoms with Crippen LogP contribution in [0.2, 0.25) is 0 Å². The average Bonchev–Trinajstić information content (AvgIpc) is 2.43. The van der Waals surface area contributed by atoms with Crippen molar-refractivity contribution >= 4 is 29.3 Å². The molecule has 0 radical (unpaired) electrons. The van der Waals surface area contributed by atoms with Gasteiger partial charge in [-0.3, -0.25) is 14.5 Å². The van der Waals surface area contributed by atoms with E-state index in [0.29, 0.717) is 0 Å². The monoisotopic (exact) mass is 207 g/mol. The Balaban J connectivity index is 2.37. The number of carbonyl (C=O) groups is 2. The third kappa shape index (κ3) is 1.71. The van der Waals surface area contributed by atoms with E-state index >= 15 is 0 Å². The lowest BCUT2D eigenvalue weighted by Crippen LogP contribution is -2.26. The zero-order valence-electron chi connectivity index (χ0n) is 7.80. The molecular formula is C8H9N5O2. The number of Topliss-reactive ketones (excluding diaryl/α,β-unsaturated/α-hetero) is 1. The molecule has 15 heavy (non-hydrogen) atoms. The Hall–Kier alpha value is -2.18. The van der Waals surface area contributed by atoms with Gasteiger partial charge in [0.2, 0.25) is 11.9 Å². The molecule has 0 atom stereocenters. The van der Waals surface area contributed by atoms with Gasteiger partial charge < -0.3 is 11.5 Å². The van der Waals surface area contributed by atoms with Gasteiger partial charge in [0.15, 0.2) is 5.78 Å². The molecule has 1 aliphatic heterocycles. The predicted octanol–water partition coefficient (Wildman–Crippen LogP) is -1.05. The maximum Gasteiger partial charge on any atom is 0.236 e. The minimum Gasteiger partial charge on any atom is -0.383 e. The van der Waals surface area contributed by atoms with Crippen molar-refractivity contribution in [2.75, 3.05) is 22.9 Å². The van der Waals surface area contributed by atoms with Crippen molar-refractivity contribution in [3.05, 3.63) is 6.07 Å². The highest BCUT2D eigenvalue weighted by Gasteiger charge is 2.29. The van der Waals surface area contributed by atoms with Crippen LogP contribution in [0.3, 0.4) is 0 Å². The molecule has 4 N–H and O–H groups in total. The first-order valence-corrected chi connectivity index (χ1v) is 4.28. The van der Waals surface area contributed by atoms with E-state index in [4.69, 9.17) is 11.5 Å². The first-order valence-electron chi connectivity index (χ1n) is 4.28. The smallest absolute Gasteiger partial charge is 0.236 e. The molecule has 0 aromatic carbocycles. The summed E-state index contributed by atoms with van der Waals surface area (Å²) in [6.45, 7) is 0.0225. The van der Waals surface area contributed by atoms with Crippen molar-refractivity contribution in [1.82, 2.24) is 9.97 Å². The van der Waals surface area contributed by atoms with Crippen molar-refractivity contribution < 1.29 is 9.59 Å². The fourth-order valence-electron chi connectivity index (χ4n) is 1.40. The Bertz CT molecular complexity index is 424. The first-order chi connectivity index (χ1) is 7.06. The quantitative estimate of drug-likeness (QED) is 0.567. The molecule has 0 aliphatic carbocycles. The molecule has 1 fully saturated rings. The Kier molecular flexibility index (Phi) is 2.00. The standard InChI is InChI=1S/C8H9N5O2/c9-5-2-6(12-8(10)11-5)13-3-4(14)1-7(13)15/h2H,1,3H2,(H4,9,10,11,12). The van der Waals surface area contributed by atoms with Crippen LogP contribution in [0.5, 0.6) is 0 Å². The topological polar surface area (TPSA) is 115 Å². The molecule has 0 bridgehead atoms. The highest BCUT2D eigenvalue weighted by molar-refractivity contribution is 6.14. The Morgan fingerprint density at radius 2 is 2.00 bits per heavy atom. The Morgan fingerprint density at radius 1 is 1.27 bits per heavy atom. The molecule has 2 heterocycles. The van der Waals surface area contributed by atoms with E-state index < -0.39 is 0 Å². The van der Waals surface area contributed by atoms with Gasteiger partial charge in [0.1, 0.15) is 11.6 Å². The Labute approximate surface area is 85.1 Å². The van der Waals surface area contributed by atoms with Crippen molar-refractivity contribution in [2.45, 2.75) is 6.42 Å².